The molecule has 0 aliphatic carbocycles. The minimum Gasteiger partial charge on any atom is -0.781 e. The van der Waals surface area contributed by atoms with Crippen molar-refractivity contribution < 1.29 is 17.1 Å². The molecule has 0 saturated heterocycles. The number of aryl methyl sites for hydroxylation is 2. The molecule has 0 atom stereocenters. The van der Waals surface area contributed by atoms with Gasteiger partial charge in [-0.2, -0.15) is 19.6 Å². The molecule has 19 heavy (non-hydrogen) atoms. The van der Waals surface area contributed by atoms with Crippen molar-refractivity contribution in [3.63, 3.8) is 0 Å². The van der Waals surface area contributed by atoms with E-state index in [0.717, 1.165) is 19.6 Å². The van der Waals surface area contributed by atoms with E-state index in [9.17, 15) is 0 Å². The summed E-state index contributed by atoms with van der Waals surface area (Å²) in [6, 6.07) is 11.5. The van der Waals surface area contributed by atoms with E-state index in [2.05, 4.69) is 0 Å². The Hall–Kier alpha value is -0.161. The van der Waals surface area contributed by atoms with Crippen LogP contribution in [0.25, 0.3) is 0 Å². The van der Waals surface area contributed by atoms with Gasteiger partial charge in [-0.1, -0.05) is 47.5 Å². The van der Waals surface area contributed by atoms with E-state index in [1.165, 1.54) is 11.1 Å². The van der Waals surface area contributed by atoms with E-state index in [1.807, 2.05) is 50.2 Å². The molecular formula is C14H12CuS4-4. The summed E-state index contributed by atoms with van der Waals surface area (Å²) in [6.45, 7) is 4.01. The van der Waals surface area contributed by atoms with Crippen LogP contribution in [0, 0.1) is 13.8 Å². The zero-order valence-corrected chi connectivity index (χ0v) is 14.6. The van der Waals surface area contributed by atoms with Crippen LogP contribution in [0.1, 0.15) is 11.1 Å². The van der Waals surface area contributed by atoms with Gasteiger partial charge in [0.1, 0.15) is 0 Å². The molecule has 0 bridgehead atoms. The summed E-state index contributed by atoms with van der Waals surface area (Å²) in [5, 5.41) is 0. The van der Waals surface area contributed by atoms with Gasteiger partial charge in [-0.3, -0.25) is 0 Å². The van der Waals surface area contributed by atoms with Gasteiger partial charge in [0.25, 0.3) is 0 Å². The molecule has 0 aromatic heterocycles. The maximum absolute atomic E-state index is 4.94. The zero-order valence-electron chi connectivity index (χ0n) is 10.4. The van der Waals surface area contributed by atoms with Crippen LogP contribution in [0.3, 0.4) is 0 Å². The predicted octanol–water partition coefficient (Wildman–Crippen LogP) is 3.61. The van der Waals surface area contributed by atoms with E-state index in [1.54, 1.807) is 0 Å². The molecule has 0 unspecified atom stereocenters. The third kappa shape index (κ3) is 6.70. The number of hydrogen-bond donors (Lipinski definition) is 0. The van der Waals surface area contributed by atoms with Gasteiger partial charge in [0.05, 0.1) is 0 Å². The van der Waals surface area contributed by atoms with Crippen LogP contribution in [-0.4, -0.2) is 0 Å². The van der Waals surface area contributed by atoms with E-state index in [0.29, 0.717) is 0 Å². The van der Waals surface area contributed by atoms with Crippen LogP contribution in [0.2, 0.25) is 0 Å². The minimum atomic E-state index is 0. The quantitative estimate of drug-likeness (QED) is 0.512. The van der Waals surface area contributed by atoms with E-state index >= 15 is 0 Å². The van der Waals surface area contributed by atoms with Crippen molar-refractivity contribution in [3.05, 3.63) is 47.5 Å². The second kappa shape index (κ2) is 8.90. The molecule has 0 spiro atoms. The number of rotatable bonds is 0. The molecule has 0 aliphatic rings. The van der Waals surface area contributed by atoms with E-state index in [-0.39, 0.29) is 17.1 Å². The van der Waals surface area contributed by atoms with Gasteiger partial charge in [-0.15, -0.1) is 0 Å². The van der Waals surface area contributed by atoms with Gasteiger partial charge in [0, 0.05) is 17.1 Å². The monoisotopic (exact) mass is 371 g/mol. The third-order valence-corrected chi connectivity index (χ3v) is 3.84. The minimum absolute atomic E-state index is 0. The zero-order chi connectivity index (χ0) is 13.7. The fourth-order valence-corrected chi connectivity index (χ4v) is 1.99. The second-order valence-electron chi connectivity index (χ2n) is 3.90. The summed E-state index contributed by atoms with van der Waals surface area (Å²) in [7, 11) is 0. The predicted molar refractivity (Wildman–Crippen MR) is 84.9 cm³/mol. The average Bonchev–Trinajstić information content (AvgIpc) is 2.30. The van der Waals surface area contributed by atoms with Gasteiger partial charge >= 0.3 is 0 Å². The van der Waals surface area contributed by atoms with Crippen LogP contribution in [0.5, 0.6) is 0 Å². The van der Waals surface area contributed by atoms with Crippen LogP contribution in [-0.2, 0) is 67.6 Å². The van der Waals surface area contributed by atoms with Crippen LogP contribution >= 0.6 is 0 Å². The van der Waals surface area contributed by atoms with Gasteiger partial charge in [0.2, 0.25) is 0 Å². The summed E-state index contributed by atoms with van der Waals surface area (Å²) < 4.78 is 0. The van der Waals surface area contributed by atoms with Crippen molar-refractivity contribution in [2.75, 3.05) is 0 Å². The van der Waals surface area contributed by atoms with Crippen molar-refractivity contribution in [2.24, 2.45) is 0 Å². The van der Waals surface area contributed by atoms with Crippen LogP contribution < -0.4 is 0 Å². The molecule has 0 aliphatic heterocycles. The van der Waals surface area contributed by atoms with Gasteiger partial charge in [-0.25, -0.2) is 0 Å². The van der Waals surface area contributed by atoms with Crippen molar-refractivity contribution in [1.82, 2.24) is 0 Å². The fraction of sp³-hybridized carbons (Fsp3) is 0.143. The first-order valence-electron chi connectivity index (χ1n) is 5.29. The van der Waals surface area contributed by atoms with Crippen molar-refractivity contribution in [3.8, 4) is 0 Å². The SMILES string of the molecule is Cc1ccc([S-])c([S-])c1.Cc1ccc([S-])c([S-])c1.[Cu]. The summed E-state index contributed by atoms with van der Waals surface area (Å²) >= 11 is 19.7. The average molecular weight is 372 g/mol. The van der Waals surface area contributed by atoms with Gasteiger partial charge in [-0.05, 0) is 13.8 Å². The molecule has 2 aromatic carbocycles. The molecule has 0 saturated carbocycles. The third-order valence-electron chi connectivity index (χ3n) is 2.20. The standard InChI is InChI=1S/2C7H8S2.Cu/c2*1-5-2-3-6(8)7(9)4-5;/h2*2-4,8-9H,1H3;/p-4. The van der Waals surface area contributed by atoms with Crippen LogP contribution in [0.4, 0.5) is 0 Å². The smallest absolute Gasteiger partial charge is 0 e. The Labute approximate surface area is 147 Å². The molecule has 2 rings (SSSR count). The Balaban J connectivity index is 0.000000324. The van der Waals surface area contributed by atoms with Gasteiger partial charge < -0.3 is 50.5 Å². The molecule has 0 fully saturated rings. The maximum atomic E-state index is 4.94. The van der Waals surface area contributed by atoms with Crippen molar-refractivity contribution in [2.45, 2.75) is 33.4 Å². The molecule has 1 radical (unpaired) electrons. The molecule has 0 amide bonds. The Bertz CT molecular complexity index is 491. The number of benzene rings is 2. The first-order valence-corrected chi connectivity index (χ1v) is 6.93. The molecule has 0 nitrogen and oxygen atoms in total. The Morgan fingerprint density at radius 2 is 0.895 bits per heavy atom. The first-order chi connectivity index (χ1) is 8.40. The first kappa shape index (κ1) is 18.8. The van der Waals surface area contributed by atoms with Crippen molar-refractivity contribution >= 4 is 50.5 Å². The topological polar surface area (TPSA) is 0 Å². The summed E-state index contributed by atoms with van der Waals surface area (Å²) in [4.78, 5) is 3.11. The van der Waals surface area contributed by atoms with Gasteiger partial charge in [0.15, 0.2) is 0 Å². The molecule has 5 heteroatoms. The number of hydrogen-bond acceptors (Lipinski definition) is 4. The Morgan fingerprint density at radius 3 is 1.11 bits per heavy atom. The largest absolute Gasteiger partial charge is 0.781 e. The van der Waals surface area contributed by atoms with Crippen molar-refractivity contribution in [1.29, 1.82) is 0 Å². The second-order valence-corrected chi connectivity index (χ2v) is 5.66. The normalized spacial score (nSPS) is 8.95. The molecule has 0 N–H and O–H groups in total. The molecule has 107 valence electrons. The molecule has 2 aromatic rings. The summed E-state index contributed by atoms with van der Waals surface area (Å²) in [6.07, 6.45) is 0. The molecular weight excluding hydrogens is 360 g/mol. The Morgan fingerprint density at radius 1 is 0.579 bits per heavy atom. The maximum Gasteiger partial charge on any atom is 0 e. The molecule has 0 heterocycles. The Kier molecular flexibility index (Phi) is 8.83. The summed E-state index contributed by atoms with van der Waals surface area (Å²) in [5.74, 6) is 0. The van der Waals surface area contributed by atoms with E-state index in [4.69, 9.17) is 50.5 Å². The van der Waals surface area contributed by atoms with E-state index < -0.39 is 0 Å². The summed E-state index contributed by atoms with van der Waals surface area (Å²) in [5.41, 5.74) is 2.35. The van der Waals surface area contributed by atoms with Crippen LogP contribution in [0.15, 0.2) is 56.0 Å². The fourth-order valence-electron chi connectivity index (χ4n) is 1.23.